The highest BCUT2D eigenvalue weighted by Crippen LogP contribution is 2.32. The number of amides is 1. The number of nitrogens with one attached hydrogen (secondary N) is 1. The van der Waals surface area contributed by atoms with Gasteiger partial charge < -0.3 is 10.3 Å². The number of anilines is 1. The minimum absolute atomic E-state index is 0.118. The summed E-state index contributed by atoms with van der Waals surface area (Å²) in [5.74, 6) is 1.67. The average Bonchev–Trinajstić information content (AvgIpc) is 2.57. The summed E-state index contributed by atoms with van der Waals surface area (Å²) in [6, 6.07) is 1.15. The van der Waals surface area contributed by atoms with Crippen molar-refractivity contribution in [2.24, 2.45) is 5.84 Å². The van der Waals surface area contributed by atoms with E-state index in [9.17, 15) is 13.6 Å². The predicted molar refractivity (Wildman–Crippen MR) is 51.6 cm³/mol. The van der Waals surface area contributed by atoms with E-state index in [-0.39, 0.29) is 18.1 Å². The highest BCUT2D eigenvalue weighted by atomic mass is 19.3. The van der Waals surface area contributed by atoms with Gasteiger partial charge in [0.2, 0.25) is 5.91 Å². The van der Waals surface area contributed by atoms with Crippen molar-refractivity contribution in [1.29, 1.82) is 0 Å². The molecule has 6 nitrogen and oxygen atoms in total. The largest absolute Gasteiger partial charge is 0.338 e. The third-order valence-corrected chi connectivity index (χ3v) is 2.45. The summed E-state index contributed by atoms with van der Waals surface area (Å²) in [4.78, 5) is 12.4. The van der Waals surface area contributed by atoms with E-state index in [2.05, 4.69) is 10.5 Å². The van der Waals surface area contributed by atoms with E-state index in [0.717, 1.165) is 15.6 Å². The first-order valence-electron chi connectivity index (χ1n) is 4.61. The van der Waals surface area contributed by atoms with Crippen molar-refractivity contribution in [3.63, 3.8) is 0 Å². The van der Waals surface area contributed by atoms with Crippen LogP contribution in [0.15, 0.2) is 6.07 Å². The predicted octanol–water partition coefficient (Wildman–Crippen LogP) is -0.268. The Labute approximate surface area is 90.0 Å². The number of hydrazine groups is 1. The van der Waals surface area contributed by atoms with Crippen LogP contribution >= 0.6 is 0 Å². The molecule has 16 heavy (non-hydrogen) atoms. The first kappa shape index (κ1) is 10.8. The summed E-state index contributed by atoms with van der Waals surface area (Å²) in [5.41, 5.74) is 1.87. The average molecular weight is 231 g/mol. The van der Waals surface area contributed by atoms with Crippen LogP contribution in [0.4, 0.5) is 14.6 Å². The fourth-order valence-electron chi connectivity index (χ4n) is 1.62. The number of nitrogens with zero attached hydrogens (tertiary/aromatic N) is 3. The second kappa shape index (κ2) is 3.41. The molecule has 3 N–H and O–H groups in total. The minimum atomic E-state index is -3.12. The number of carbonyl (C=O) groups excluding carboxylic acids is 1. The summed E-state index contributed by atoms with van der Waals surface area (Å²) in [6.07, 6.45) is 0. The van der Waals surface area contributed by atoms with Crippen molar-refractivity contribution >= 4 is 11.7 Å². The van der Waals surface area contributed by atoms with Gasteiger partial charge in [-0.05, 0) is 0 Å². The number of likely N-dealkylation sites (N-methyl/N-ethyl adjacent to an activating group) is 1. The van der Waals surface area contributed by atoms with Crippen LogP contribution in [-0.4, -0.2) is 34.2 Å². The van der Waals surface area contributed by atoms with Crippen molar-refractivity contribution in [1.82, 2.24) is 14.7 Å². The second-order valence-corrected chi connectivity index (χ2v) is 3.67. The molecule has 1 aliphatic rings. The molecule has 1 amide bonds. The zero-order chi connectivity index (χ0) is 11.9. The molecule has 0 fully saturated rings. The van der Waals surface area contributed by atoms with Crippen LogP contribution in [-0.2, 0) is 17.3 Å². The molecule has 0 saturated heterocycles. The van der Waals surface area contributed by atoms with Crippen molar-refractivity contribution < 1.29 is 13.6 Å². The molecular weight excluding hydrogens is 220 g/mol. The van der Waals surface area contributed by atoms with Crippen LogP contribution in [0.5, 0.6) is 0 Å². The Kier molecular flexibility index (Phi) is 2.30. The van der Waals surface area contributed by atoms with Crippen molar-refractivity contribution in [2.45, 2.75) is 12.5 Å². The topological polar surface area (TPSA) is 76.2 Å². The highest BCUT2D eigenvalue weighted by molar-refractivity contribution is 5.76. The van der Waals surface area contributed by atoms with Crippen LogP contribution in [0.3, 0.4) is 0 Å². The molecule has 0 aliphatic carbocycles. The number of nitrogens with two attached hydrogens (primary N) is 1. The van der Waals surface area contributed by atoms with Crippen molar-refractivity contribution in [3.8, 4) is 0 Å². The minimum Gasteiger partial charge on any atom is -0.338 e. The summed E-state index contributed by atoms with van der Waals surface area (Å²) in [7, 11) is 1.34. The fourth-order valence-corrected chi connectivity index (χ4v) is 1.62. The molecule has 0 saturated carbocycles. The molecule has 8 heteroatoms. The molecular formula is C8H11F2N5O. The number of nitrogen functional groups attached to an aromatic ring is 1. The lowest BCUT2D eigenvalue weighted by Crippen LogP contribution is -2.34. The van der Waals surface area contributed by atoms with Gasteiger partial charge in [-0.25, -0.2) is 5.84 Å². The van der Waals surface area contributed by atoms with E-state index < -0.39 is 18.4 Å². The third-order valence-electron chi connectivity index (χ3n) is 2.45. The zero-order valence-corrected chi connectivity index (χ0v) is 8.57. The molecule has 0 aromatic carbocycles. The van der Waals surface area contributed by atoms with Gasteiger partial charge in [0.1, 0.15) is 12.2 Å². The van der Waals surface area contributed by atoms with Gasteiger partial charge in [-0.15, -0.1) is 0 Å². The summed E-state index contributed by atoms with van der Waals surface area (Å²) >= 11 is 0. The van der Waals surface area contributed by atoms with Crippen LogP contribution in [0.1, 0.15) is 5.69 Å². The Morgan fingerprint density at radius 3 is 2.94 bits per heavy atom. The number of hydrogen-bond acceptors (Lipinski definition) is 4. The van der Waals surface area contributed by atoms with Crippen LogP contribution in [0.2, 0.25) is 0 Å². The first-order valence-corrected chi connectivity index (χ1v) is 4.61. The molecule has 2 rings (SSSR count). The van der Waals surface area contributed by atoms with E-state index in [0.29, 0.717) is 0 Å². The molecule has 88 valence electrons. The number of hydrogen-bond donors (Lipinski definition) is 2. The summed E-state index contributed by atoms with van der Waals surface area (Å²) < 4.78 is 28.4. The van der Waals surface area contributed by atoms with Gasteiger partial charge in [0.25, 0.3) is 0 Å². The second-order valence-electron chi connectivity index (χ2n) is 3.67. The Balaban J connectivity index is 2.48. The molecule has 0 unspecified atom stereocenters. The number of fused-ring (bicyclic) bond motifs is 1. The number of halogens is 2. The molecule has 2 heterocycles. The zero-order valence-electron chi connectivity index (χ0n) is 8.57. The molecule has 1 aromatic rings. The molecule has 1 aromatic heterocycles. The quantitative estimate of drug-likeness (QED) is 0.515. The van der Waals surface area contributed by atoms with E-state index in [1.54, 1.807) is 0 Å². The number of carbonyl (C=O) groups is 1. The highest BCUT2D eigenvalue weighted by Gasteiger charge is 2.41. The van der Waals surface area contributed by atoms with E-state index in [4.69, 9.17) is 5.84 Å². The van der Waals surface area contributed by atoms with Crippen LogP contribution < -0.4 is 11.3 Å². The smallest absolute Gasteiger partial charge is 0.306 e. The van der Waals surface area contributed by atoms with Crippen molar-refractivity contribution in [2.75, 3.05) is 19.0 Å². The van der Waals surface area contributed by atoms with Gasteiger partial charge in [0.15, 0.2) is 5.82 Å². The lowest BCUT2D eigenvalue weighted by Gasteiger charge is -2.19. The van der Waals surface area contributed by atoms with Crippen molar-refractivity contribution in [3.05, 3.63) is 11.8 Å². The molecule has 0 bridgehead atoms. The number of rotatable bonds is 1. The van der Waals surface area contributed by atoms with Crippen LogP contribution in [0, 0.1) is 0 Å². The fraction of sp³-hybridized carbons (Fsp3) is 0.500. The summed E-state index contributed by atoms with van der Waals surface area (Å²) in [6.45, 7) is -0.857. The first-order chi connectivity index (χ1) is 7.44. The van der Waals surface area contributed by atoms with Gasteiger partial charge >= 0.3 is 5.92 Å². The van der Waals surface area contributed by atoms with Gasteiger partial charge in [-0.2, -0.15) is 13.9 Å². The van der Waals surface area contributed by atoms with Gasteiger partial charge in [-0.1, -0.05) is 0 Å². The Hall–Kier alpha value is -1.70. The standard InChI is InChI=1S/C8H11F2N5O/c1-14-4-8(9,10)5-2-6(12-11)13-15(5)3-7(14)16/h2H,3-4,11H2,1H3,(H,12,13). The lowest BCUT2D eigenvalue weighted by molar-refractivity contribution is -0.133. The number of alkyl halides is 2. The monoisotopic (exact) mass is 231 g/mol. The molecule has 0 spiro atoms. The van der Waals surface area contributed by atoms with E-state index in [1.807, 2.05) is 0 Å². The molecule has 1 aliphatic heterocycles. The van der Waals surface area contributed by atoms with Gasteiger partial charge in [0.05, 0.1) is 6.54 Å². The molecule has 0 radical (unpaired) electrons. The van der Waals surface area contributed by atoms with Gasteiger partial charge in [0, 0.05) is 13.1 Å². The Bertz CT molecular complexity index is 430. The lowest BCUT2D eigenvalue weighted by atomic mass is 10.2. The number of aromatic nitrogens is 2. The van der Waals surface area contributed by atoms with Gasteiger partial charge in [-0.3, -0.25) is 9.48 Å². The normalized spacial score (nSPS) is 19.2. The third kappa shape index (κ3) is 1.60. The maximum absolute atomic E-state index is 13.7. The van der Waals surface area contributed by atoms with E-state index in [1.165, 1.54) is 7.05 Å². The maximum Gasteiger partial charge on any atom is 0.306 e. The molecule has 0 atom stereocenters. The van der Waals surface area contributed by atoms with Crippen LogP contribution in [0.25, 0.3) is 0 Å². The Morgan fingerprint density at radius 1 is 1.62 bits per heavy atom. The van der Waals surface area contributed by atoms with E-state index >= 15 is 0 Å². The SMILES string of the molecule is CN1CC(F)(F)c2cc(NN)nn2CC1=O. The summed E-state index contributed by atoms with van der Waals surface area (Å²) in [5, 5.41) is 3.76. The maximum atomic E-state index is 13.7. The Morgan fingerprint density at radius 2 is 2.31 bits per heavy atom.